The molecule has 4 rings (SSSR count). The molecule has 0 unspecified atom stereocenters. The van der Waals surface area contributed by atoms with Crippen LogP contribution >= 0.6 is 11.3 Å². The van der Waals surface area contributed by atoms with Crippen molar-refractivity contribution in [3.63, 3.8) is 0 Å². The summed E-state index contributed by atoms with van der Waals surface area (Å²) in [7, 11) is 1.85. The number of nitrogens with zero attached hydrogens (tertiary/aromatic N) is 3. The number of hydrogen-bond acceptors (Lipinski definition) is 4. The molecule has 30 heavy (non-hydrogen) atoms. The van der Waals surface area contributed by atoms with Gasteiger partial charge in [-0.25, -0.2) is 0 Å². The van der Waals surface area contributed by atoms with Gasteiger partial charge in [0.2, 0.25) is 5.91 Å². The number of carbonyl (C=O) groups excluding carboxylic acids is 2. The molecular formula is C22H23N5O2S. The van der Waals surface area contributed by atoms with Crippen molar-refractivity contribution in [3.8, 4) is 0 Å². The quantitative estimate of drug-likeness (QED) is 0.500. The molecule has 1 aromatic carbocycles. The lowest BCUT2D eigenvalue weighted by molar-refractivity contribution is -0.115. The van der Waals surface area contributed by atoms with E-state index in [1.54, 1.807) is 11.3 Å². The maximum atomic E-state index is 12.5. The van der Waals surface area contributed by atoms with Crippen molar-refractivity contribution >= 4 is 39.1 Å². The third-order valence-corrected chi connectivity index (χ3v) is 5.98. The van der Waals surface area contributed by atoms with Gasteiger partial charge in [0, 0.05) is 7.05 Å². The molecule has 0 atom stereocenters. The molecule has 3 aromatic heterocycles. The minimum Gasteiger partial charge on any atom is -0.342 e. The summed E-state index contributed by atoms with van der Waals surface area (Å²) < 4.78 is 4.75. The summed E-state index contributed by atoms with van der Waals surface area (Å²) in [4.78, 5) is 25.0. The average molecular weight is 422 g/mol. The van der Waals surface area contributed by atoms with Crippen molar-refractivity contribution in [2.45, 2.75) is 20.4 Å². The van der Waals surface area contributed by atoms with Crippen LogP contribution in [0.25, 0.3) is 10.2 Å². The maximum absolute atomic E-state index is 12.5. The van der Waals surface area contributed by atoms with Gasteiger partial charge in [-0.05, 0) is 36.9 Å². The summed E-state index contributed by atoms with van der Waals surface area (Å²) in [5.41, 5.74) is 4.98. The molecule has 3 heterocycles. The Labute approximate surface area is 178 Å². The Morgan fingerprint density at radius 1 is 1.13 bits per heavy atom. The van der Waals surface area contributed by atoms with Crippen LogP contribution < -0.4 is 10.6 Å². The van der Waals surface area contributed by atoms with Crippen LogP contribution in [-0.2, 0) is 18.4 Å². The molecule has 0 aliphatic rings. The van der Waals surface area contributed by atoms with E-state index in [-0.39, 0.29) is 18.4 Å². The number of hydrogen-bond donors (Lipinski definition) is 2. The first-order valence-corrected chi connectivity index (χ1v) is 10.5. The topological polar surface area (TPSA) is 81.0 Å². The zero-order valence-corrected chi connectivity index (χ0v) is 17.9. The van der Waals surface area contributed by atoms with E-state index in [4.69, 9.17) is 0 Å². The number of thiophene rings is 1. The highest BCUT2D eigenvalue weighted by Gasteiger charge is 2.17. The van der Waals surface area contributed by atoms with E-state index >= 15 is 0 Å². The largest absolute Gasteiger partial charge is 0.342 e. The second-order valence-corrected chi connectivity index (χ2v) is 8.13. The van der Waals surface area contributed by atoms with Gasteiger partial charge < -0.3 is 15.2 Å². The lowest BCUT2D eigenvalue weighted by atomic mass is 10.2. The van der Waals surface area contributed by atoms with E-state index in [9.17, 15) is 9.59 Å². The van der Waals surface area contributed by atoms with Crippen LogP contribution in [0.2, 0.25) is 0 Å². The normalized spacial score (nSPS) is 11.0. The molecule has 0 bridgehead atoms. The fourth-order valence-electron chi connectivity index (χ4n) is 3.49. The number of carbonyl (C=O) groups is 2. The van der Waals surface area contributed by atoms with Gasteiger partial charge in [0.1, 0.15) is 5.69 Å². The SMILES string of the molecule is Cc1nn(Cc2ccccc2)c(C)c1NC(=O)CNC(=O)c1cc2sccc2n1C. The van der Waals surface area contributed by atoms with Crippen molar-refractivity contribution in [2.75, 3.05) is 11.9 Å². The smallest absolute Gasteiger partial charge is 0.268 e. The molecule has 2 amide bonds. The molecule has 154 valence electrons. The molecule has 0 radical (unpaired) electrons. The van der Waals surface area contributed by atoms with E-state index in [1.807, 2.05) is 78.0 Å². The minimum absolute atomic E-state index is 0.111. The number of aryl methyl sites for hydroxylation is 2. The van der Waals surface area contributed by atoms with Gasteiger partial charge in [0.25, 0.3) is 5.91 Å². The number of anilines is 1. The second kappa shape index (κ2) is 8.16. The molecule has 0 spiro atoms. The maximum Gasteiger partial charge on any atom is 0.268 e. The van der Waals surface area contributed by atoms with E-state index in [1.165, 1.54) is 0 Å². The zero-order valence-electron chi connectivity index (χ0n) is 17.1. The summed E-state index contributed by atoms with van der Waals surface area (Å²) in [5, 5.41) is 12.1. The standard InChI is InChI=1S/C22H23N5O2S/c1-14-21(15(2)27(25-14)13-16-7-5-4-6-8-16)24-20(28)12-23-22(29)18-11-19-17(26(18)3)9-10-30-19/h4-11H,12-13H2,1-3H3,(H,23,29)(H,24,28). The van der Waals surface area contributed by atoms with Crippen molar-refractivity contribution in [1.82, 2.24) is 19.7 Å². The molecule has 2 N–H and O–H groups in total. The van der Waals surface area contributed by atoms with Crippen LogP contribution in [0, 0.1) is 13.8 Å². The fourth-order valence-corrected chi connectivity index (χ4v) is 4.34. The highest BCUT2D eigenvalue weighted by atomic mass is 32.1. The van der Waals surface area contributed by atoms with Crippen LogP contribution in [0.15, 0.2) is 47.8 Å². The summed E-state index contributed by atoms with van der Waals surface area (Å²) in [6, 6.07) is 13.8. The van der Waals surface area contributed by atoms with Crippen molar-refractivity contribution in [2.24, 2.45) is 7.05 Å². The van der Waals surface area contributed by atoms with Gasteiger partial charge in [0.05, 0.1) is 40.4 Å². The van der Waals surface area contributed by atoms with E-state index in [0.29, 0.717) is 17.9 Å². The number of aromatic nitrogens is 3. The zero-order chi connectivity index (χ0) is 21.3. The number of amides is 2. The van der Waals surface area contributed by atoms with Crippen LogP contribution in [0.5, 0.6) is 0 Å². The average Bonchev–Trinajstić information content (AvgIpc) is 3.39. The van der Waals surface area contributed by atoms with Gasteiger partial charge in [0.15, 0.2) is 0 Å². The van der Waals surface area contributed by atoms with Gasteiger partial charge >= 0.3 is 0 Å². The fraction of sp³-hybridized carbons (Fsp3) is 0.227. The summed E-state index contributed by atoms with van der Waals surface area (Å²) in [6.45, 7) is 4.30. The number of benzene rings is 1. The Kier molecular flexibility index (Phi) is 5.41. The van der Waals surface area contributed by atoms with Gasteiger partial charge in [-0.1, -0.05) is 30.3 Å². The first-order chi connectivity index (χ1) is 14.4. The van der Waals surface area contributed by atoms with Crippen LogP contribution in [-0.4, -0.2) is 32.7 Å². The first-order valence-electron chi connectivity index (χ1n) is 9.63. The van der Waals surface area contributed by atoms with E-state index in [2.05, 4.69) is 15.7 Å². The Morgan fingerprint density at radius 3 is 2.63 bits per heavy atom. The van der Waals surface area contributed by atoms with E-state index < -0.39 is 0 Å². The molecule has 0 saturated carbocycles. The van der Waals surface area contributed by atoms with Gasteiger partial charge in [-0.2, -0.15) is 5.10 Å². The van der Waals surface area contributed by atoms with E-state index in [0.717, 1.165) is 27.2 Å². The number of fused-ring (bicyclic) bond motifs is 1. The van der Waals surface area contributed by atoms with Gasteiger partial charge in [-0.3, -0.25) is 14.3 Å². The molecule has 7 nitrogen and oxygen atoms in total. The summed E-state index contributed by atoms with van der Waals surface area (Å²) in [5.74, 6) is -0.561. The lowest BCUT2D eigenvalue weighted by Gasteiger charge is -2.09. The van der Waals surface area contributed by atoms with Crippen molar-refractivity contribution in [3.05, 3.63) is 70.5 Å². The Bertz CT molecular complexity index is 1220. The number of nitrogens with one attached hydrogen (secondary N) is 2. The van der Waals surface area contributed by atoms with Crippen LogP contribution in [0.3, 0.4) is 0 Å². The predicted octanol–water partition coefficient (Wildman–Crippen LogP) is 3.47. The predicted molar refractivity (Wildman–Crippen MR) is 119 cm³/mol. The molecule has 4 aromatic rings. The third-order valence-electron chi connectivity index (χ3n) is 5.13. The number of rotatable bonds is 6. The Balaban J connectivity index is 1.39. The minimum atomic E-state index is -0.287. The molecule has 8 heteroatoms. The molecule has 0 aliphatic heterocycles. The highest BCUT2D eigenvalue weighted by molar-refractivity contribution is 7.17. The summed E-state index contributed by atoms with van der Waals surface area (Å²) >= 11 is 1.58. The Hall–Kier alpha value is -3.39. The van der Waals surface area contributed by atoms with Crippen LogP contribution in [0.1, 0.15) is 27.4 Å². The van der Waals surface area contributed by atoms with Crippen LogP contribution in [0.4, 0.5) is 5.69 Å². The molecule has 0 aliphatic carbocycles. The molecular weight excluding hydrogens is 398 g/mol. The van der Waals surface area contributed by atoms with Gasteiger partial charge in [-0.15, -0.1) is 11.3 Å². The second-order valence-electron chi connectivity index (χ2n) is 7.18. The lowest BCUT2D eigenvalue weighted by Crippen LogP contribution is -2.34. The molecule has 0 saturated heterocycles. The first kappa shape index (κ1) is 19.9. The molecule has 0 fully saturated rings. The van der Waals surface area contributed by atoms with Crippen molar-refractivity contribution < 1.29 is 9.59 Å². The Morgan fingerprint density at radius 2 is 1.90 bits per heavy atom. The van der Waals surface area contributed by atoms with Crippen molar-refractivity contribution in [1.29, 1.82) is 0 Å². The third kappa shape index (κ3) is 3.86. The summed E-state index contributed by atoms with van der Waals surface area (Å²) in [6.07, 6.45) is 0. The monoisotopic (exact) mass is 421 g/mol. The highest BCUT2D eigenvalue weighted by Crippen LogP contribution is 2.24.